The Hall–Kier alpha value is -4.49. The minimum Gasteiger partial charge on any atom is -0.472 e. The number of nitrogens with one attached hydrogen (secondary N) is 1. The van der Waals surface area contributed by atoms with E-state index in [0.29, 0.717) is 242 Å². The van der Waals surface area contributed by atoms with Gasteiger partial charge in [0.25, 0.3) is 5.88 Å². The van der Waals surface area contributed by atoms with Gasteiger partial charge < -0.3 is 96.1 Å². The molecule has 0 aliphatic rings. The predicted molar refractivity (Wildman–Crippen MR) is 303 cm³/mol. The molecule has 0 spiro atoms. The summed E-state index contributed by atoms with van der Waals surface area (Å²) >= 11 is 0. The van der Waals surface area contributed by atoms with Crippen LogP contribution in [0.5, 0.6) is 5.88 Å². The van der Waals surface area contributed by atoms with Gasteiger partial charge in [-0.1, -0.05) is 42.7 Å². The molecule has 3 rings (SSSR count). The molecule has 27 nitrogen and oxygen atoms in total. The second kappa shape index (κ2) is 52.1. The molecule has 3 N–H and O–H groups in total. The number of anilines is 1. The third-order valence-electron chi connectivity index (χ3n) is 11.1. The molecule has 0 unspecified atom stereocenters. The fourth-order valence-electron chi connectivity index (χ4n) is 7.04. The van der Waals surface area contributed by atoms with Crippen molar-refractivity contribution in [3.8, 4) is 5.88 Å². The third-order valence-corrected chi connectivity index (χ3v) is 11.1. The van der Waals surface area contributed by atoms with E-state index in [4.69, 9.17) is 96.8 Å². The molecule has 1 amide bonds. The number of ether oxygens (including phenoxy) is 17. The van der Waals surface area contributed by atoms with Crippen molar-refractivity contribution in [2.24, 2.45) is 5.11 Å². The predicted octanol–water partition coefficient (Wildman–Crippen LogP) is 4.17. The number of nitrogens with zero attached hydrogens (tertiary/aromatic N) is 7. The van der Waals surface area contributed by atoms with Crippen LogP contribution in [0, 0.1) is 0 Å². The van der Waals surface area contributed by atoms with Gasteiger partial charge in [-0.05, 0) is 36.9 Å². The molecule has 2 heterocycles. The lowest BCUT2D eigenvalue weighted by Gasteiger charge is -2.14. The molecule has 2 aromatic heterocycles. The Morgan fingerprint density at radius 3 is 1.26 bits per heavy atom. The number of unbranched alkanes of at least 4 members (excludes halogenated alkanes) is 1. The normalized spacial score (nSPS) is 11.6. The van der Waals surface area contributed by atoms with Gasteiger partial charge in [0.15, 0.2) is 5.82 Å². The SMILES string of the molecule is CCCCc1nc2c(N)nnc(OC(C)C)c2n1Cc1ccc(CNC(=O)CCOCCOCCOCCOCCOCCOCCOCCOCCOCCOCCOCCOCCOCCOCCOCCOCCN=[N+]=[N-])cc1. The Bertz CT molecular complexity index is 2020. The molecule has 0 radical (unpaired) electrons. The first-order valence-electron chi connectivity index (χ1n) is 28.7. The number of carbonyl (C=O) groups is 1. The highest BCUT2D eigenvalue weighted by molar-refractivity contribution is 5.88. The number of aryl methyl sites for hydroxylation is 1. The van der Waals surface area contributed by atoms with Gasteiger partial charge in [-0.3, -0.25) is 4.79 Å². The van der Waals surface area contributed by atoms with Gasteiger partial charge in [-0.2, -0.15) is 0 Å². The molecule has 0 saturated heterocycles. The topological polar surface area (TPSA) is 304 Å². The highest BCUT2D eigenvalue weighted by Gasteiger charge is 2.21. The molecule has 1 aromatic carbocycles. The molecule has 0 aliphatic carbocycles. The van der Waals surface area contributed by atoms with Gasteiger partial charge in [0, 0.05) is 37.4 Å². The molecule has 468 valence electrons. The Kier molecular flexibility index (Phi) is 45.6. The van der Waals surface area contributed by atoms with Crippen LogP contribution < -0.4 is 15.8 Å². The van der Waals surface area contributed by atoms with E-state index in [9.17, 15) is 4.79 Å². The highest BCUT2D eigenvalue weighted by atomic mass is 16.6. The fraction of sp³-hybridized carbons (Fsp3) is 0.782. The molecule has 0 saturated carbocycles. The van der Waals surface area contributed by atoms with Gasteiger partial charge >= 0.3 is 0 Å². The van der Waals surface area contributed by atoms with Crippen molar-refractivity contribution in [2.45, 2.75) is 65.6 Å². The average molecular weight is 1170 g/mol. The zero-order valence-corrected chi connectivity index (χ0v) is 49.0. The zero-order valence-electron chi connectivity index (χ0n) is 49.0. The molecule has 0 atom stereocenters. The van der Waals surface area contributed by atoms with Crippen molar-refractivity contribution in [1.82, 2.24) is 25.1 Å². The van der Waals surface area contributed by atoms with E-state index in [2.05, 4.69) is 49.2 Å². The molecule has 0 fully saturated rings. The number of hydrogen-bond acceptors (Lipinski definition) is 23. The summed E-state index contributed by atoms with van der Waals surface area (Å²) in [6.07, 6.45) is 3.00. The van der Waals surface area contributed by atoms with Crippen molar-refractivity contribution in [2.75, 3.05) is 224 Å². The summed E-state index contributed by atoms with van der Waals surface area (Å²) in [4.78, 5) is 20.0. The Morgan fingerprint density at radius 1 is 0.549 bits per heavy atom. The summed E-state index contributed by atoms with van der Waals surface area (Å²) in [5, 5.41) is 14.7. The Morgan fingerprint density at radius 2 is 0.902 bits per heavy atom. The quantitative estimate of drug-likeness (QED) is 0.0347. The second-order valence-corrected chi connectivity index (χ2v) is 18.1. The molecule has 27 heteroatoms. The number of nitrogens with two attached hydrogens (primary N) is 1. The summed E-state index contributed by atoms with van der Waals surface area (Å²) in [7, 11) is 0. The first kappa shape index (κ1) is 71.8. The van der Waals surface area contributed by atoms with Crippen LogP contribution in [0.1, 0.15) is 57.0 Å². The summed E-state index contributed by atoms with van der Waals surface area (Å²) < 4.78 is 96.0. The summed E-state index contributed by atoms with van der Waals surface area (Å²) in [6, 6.07) is 8.14. The number of aromatic nitrogens is 4. The standard InChI is InChI=1S/C55H95N9O18/c1-4-5-6-50-60-52-53(55(82-47(2)3)62-61-54(52)56)64(50)46-49-9-7-48(8-10-49)45-58-51(65)11-13-66-15-17-68-19-21-70-23-25-72-27-29-74-31-33-76-35-37-78-39-41-80-43-44-81-42-40-79-38-36-77-34-32-75-30-28-73-26-24-71-22-20-69-18-16-67-14-12-59-63-57/h7-10,47H,4-6,11-46H2,1-3H3,(H2,56,61)(H,58,65). The van der Waals surface area contributed by atoms with Crippen LogP contribution in [0.15, 0.2) is 29.4 Å². The number of hydrogen-bond donors (Lipinski definition) is 2. The number of imidazole rings is 1. The van der Waals surface area contributed by atoms with E-state index >= 15 is 0 Å². The van der Waals surface area contributed by atoms with Crippen LogP contribution in [0.25, 0.3) is 21.5 Å². The van der Waals surface area contributed by atoms with E-state index in [1.165, 1.54) is 0 Å². The van der Waals surface area contributed by atoms with E-state index < -0.39 is 0 Å². The van der Waals surface area contributed by atoms with E-state index in [1.54, 1.807) is 0 Å². The molecule has 3 aromatic rings. The number of amides is 1. The monoisotopic (exact) mass is 1170 g/mol. The fourth-order valence-corrected chi connectivity index (χ4v) is 7.04. The van der Waals surface area contributed by atoms with E-state index in [0.717, 1.165) is 41.7 Å². The maximum Gasteiger partial charge on any atom is 0.260 e. The van der Waals surface area contributed by atoms with Crippen molar-refractivity contribution < 1.29 is 85.3 Å². The van der Waals surface area contributed by atoms with Crippen molar-refractivity contribution in [1.29, 1.82) is 0 Å². The molecular weight excluding hydrogens is 1070 g/mol. The summed E-state index contributed by atoms with van der Waals surface area (Å²) in [5.74, 6) is 1.53. The van der Waals surface area contributed by atoms with Crippen molar-refractivity contribution in [3.63, 3.8) is 0 Å². The number of rotatable bonds is 60. The smallest absolute Gasteiger partial charge is 0.260 e. The van der Waals surface area contributed by atoms with Crippen LogP contribution >= 0.6 is 0 Å². The van der Waals surface area contributed by atoms with Gasteiger partial charge in [0.2, 0.25) is 5.91 Å². The largest absolute Gasteiger partial charge is 0.472 e. The number of carbonyl (C=O) groups excluding carboxylic acids is 1. The minimum absolute atomic E-state index is 0.0835. The lowest BCUT2D eigenvalue weighted by molar-refractivity contribution is -0.122. The van der Waals surface area contributed by atoms with Gasteiger partial charge in [-0.15, -0.1) is 10.2 Å². The molecular formula is C55H95N9O18. The van der Waals surface area contributed by atoms with Crippen LogP contribution in [-0.4, -0.2) is 250 Å². The number of fused-ring (bicyclic) bond motifs is 1. The molecule has 0 aliphatic heterocycles. The average Bonchev–Trinajstić information content (AvgIpc) is 4.11. The van der Waals surface area contributed by atoms with Crippen LogP contribution in [0.3, 0.4) is 0 Å². The Balaban J connectivity index is 0.958. The number of azide groups is 1. The third kappa shape index (κ3) is 38.4. The summed E-state index contributed by atoms with van der Waals surface area (Å²) in [6.45, 7) is 22.0. The van der Waals surface area contributed by atoms with Crippen LogP contribution in [-0.2, 0) is 100 Å². The van der Waals surface area contributed by atoms with E-state index in [-0.39, 0.29) is 24.2 Å². The van der Waals surface area contributed by atoms with E-state index in [1.807, 2.05) is 26.0 Å². The second-order valence-electron chi connectivity index (χ2n) is 18.1. The highest BCUT2D eigenvalue weighted by Crippen LogP contribution is 2.29. The maximum absolute atomic E-state index is 12.5. The molecule has 0 bridgehead atoms. The van der Waals surface area contributed by atoms with Crippen LogP contribution in [0.2, 0.25) is 0 Å². The van der Waals surface area contributed by atoms with Crippen molar-refractivity contribution in [3.05, 3.63) is 51.7 Å². The van der Waals surface area contributed by atoms with Gasteiger partial charge in [-0.25, -0.2) is 4.98 Å². The maximum atomic E-state index is 12.5. The lowest BCUT2D eigenvalue weighted by atomic mass is 10.1. The zero-order chi connectivity index (χ0) is 58.4. The van der Waals surface area contributed by atoms with Gasteiger partial charge in [0.05, 0.1) is 218 Å². The van der Waals surface area contributed by atoms with Crippen LogP contribution in [0.4, 0.5) is 5.82 Å². The first-order valence-corrected chi connectivity index (χ1v) is 28.7. The van der Waals surface area contributed by atoms with Crippen molar-refractivity contribution >= 4 is 22.8 Å². The lowest BCUT2D eigenvalue weighted by Crippen LogP contribution is -2.24. The number of benzene rings is 1. The first-order chi connectivity index (χ1) is 40.4. The Labute approximate surface area is 483 Å². The summed E-state index contributed by atoms with van der Waals surface area (Å²) in [5.41, 5.74) is 17.8. The minimum atomic E-state index is -0.0860. The van der Waals surface area contributed by atoms with Gasteiger partial charge in [0.1, 0.15) is 16.9 Å². The number of nitrogen functional groups attached to an aromatic ring is 1. The molecule has 82 heavy (non-hydrogen) atoms.